The molecule has 0 amide bonds. The molecule has 0 fully saturated rings. The Bertz CT molecular complexity index is 1150. The van der Waals surface area contributed by atoms with Crippen molar-refractivity contribution in [1.29, 1.82) is 0 Å². The maximum atomic E-state index is 13.7. The molecule has 3 aromatic carbocycles. The molecule has 0 saturated heterocycles. The van der Waals surface area contributed by atoms with Crippen LogP contribution < -0.4 is 13.8 Å². The van der Waals surface area contributed by atoms with Gasteiger partial charge in [-0.15, -0.1) is 0 Å². The van der Waals surface area contributed by atoms with E-state index in [2.05, 4.69) is 0 Å². The fourth-order valence-corrected chi connectivity index (χ4v) is 4.73. The molecule has 0 aliphatic rings. The Hall–Kier alpha value is -3.52. The molecule has 0 radical (unpaired) electrons. The molecule has 8 heteroatoms. The summed E-state index contributed by atoms with van der Waals surface area (Å²) < 4.78 is 39.8. The highest BCUT2D eigenvalue weighted by Crippen LogP contribution is 2.34. The summed E-state index contributed by atoms with van der Waals surface area (Å²) in [7, 11) is -2.40. The monoisotopic (exact) mass is 469 g/mol. The molecule has 0 saturated carbocycles. The average Bonchev–Trinajstić information content (AvgIpc) is 2.83. The molecule has 0 spiro atoms. The molecule has 0 heterocycles. The van der Waals surface area contributed by atoms with Gasteiger partial charge >= 0.3 is 5.97 Å². The van der Waals surface area contributed by atoms with Crippen molar-refractivity contribution >= 4 is 21.7 Å². The highest BCUT2D eigenvalue weighted by Gasteiger charge is 2.27. The van der Waals surface area contributed by atoms with Crippen LogP contribution in [0, 0.1) is 0 Å². The number of unbranched alkanes of at least 4 members (excludes halogenated alkanes) is 1. The summed E-state index contributed by atoms with van der Waals surface area (Å²) in [6.07, 6.45) is 1.09. The van der Waals surface area contributed by atoms with E-state index < -0.39 is 16.0 Å². The number of carboxylic acids is 1. The number of para-hydroxylation sites is 2. The van der Waals surface area contributed by atoms with Gasteiger partial charge in [0.15, 0.2) is 0 Å². The number of benzene rings is 3. The minimum atomic E-state index is -3.93. The number of methoxy groups -OCH3 is 1. The molecule has 3 rings (SSSR count). The van der Waals surface area contributed by atoms with Gasteiger partial charge in [0.2, 0.25) is 0 Å². The van der Waals surface area contributed by atoms with Gasteiger partial charge in [0, 0.05) is 6.42 Å². The summed E-state index contributed by atoms with van der Waals surface area (Å²) in [6, 6.07) is 22.5. The van der Waals surface area contributed by atoms with E-state index in [1.807, 2.05) is 30.3 Å². The third-order valence-electron chi connectivity index (χ3n) is 4.99. The third kappa shape index (κ3) is 6.49. The van der Waals surface area contributed by atoms with Gasteiger partial charge in [0.25, 0.3) is 10.0 Å². The first kappa shape index (κ1) is 24.1. The zero-order chi connectivity index (χ0) is 23.7. The summed E-state index contributed by atoms with van der Waals surface area (Å²) in [5, 5.41) is 8.80. The van der Waals surface area contributed by atoms with Crippen LogP contribution in [0.3, 0.4) is 0 Å². The van der Waals surface area contributed by atoms with Crippen molar-refractivity contribution < 1.29 is 27.8 Å². The highest BCUT2D eigenvalue weighted by molar-refractivity contribution is 7.92. The molecule has 1 N–H and O–H groups in total. The lowest BCUT2D eigenvalue weighted by atomic mass is 10.2. The van der Waals surface area contributed by atoms with Gasteiger partial charge in [-0.1, -0.05) is 42.5 Å². The lowest BCUT2D eigenvalue weighted by Crippen LogP contribution is -2.31. The maximum Gasteiger partial charge on any atom is 0.303 e. The average molecular weight is 470 g/mol. The van der Waals surface area contributed by atoms with Crippen molar-refractivity contribution in [3.63, 3.8) is 0 Å². The van der Waals surface area contributed by atoms with Gasteiger partial charge in [0.05, 0.1) is 30.8 Å². The number of sulfonamides is 1. The predicted molar refractivity (Wildman–Crippen MR) is 126 cm³/mol. The highest BCUT2D eigenvalue weighted by atomic mass is 32.2. The first-order valence-corrected chi connectivity index (χ1v) is 12.0. The van der Waals surface area contributed by atoms with Crippen LogP contribution in [0.15, 0.2) is 83.8 Å². The number of aliphatic carboxylic acids is 1. The fourth-order valence-electron chi connectivity index (χ4n) is 3.27. The van der Waals surface area contributed by atoms with Crippen LogP contribution in [0.1, 0.15) is 24.8 Å². The lowest BCUT2D eigenvalue weighted by molar-refractivity contribution is -0.137. The van der Waals surface area contributed by atoms with Gasteiger partial charge in [-0.3, -0.25) is 9.10 Å². The topological polar surface area (TPSA) is 93.1 Å². The molecule has 0 bridgehead atoms. The number of anilines is 1. The molecule has 0 aliphatic heterocycles. The number of carboxylic acid groups (broad SMARTS) is 1. The van der Waals surface area contributed by atoms with E-state index >= 15 is 0 Å². The van der Waals surface area contributed by atoms with Gasteiger partial charge in [-0.2, -0.15) is 0 Å². The van der Waals surface area contributed by atoms with Crippen LogP contribution in [0.5, 0.6) is 11.5 Å². The molecule has 0 aromatic heterocycles. The van der Waals surface area contributed by atoms with Crippen molar-refractivity contribution in [2.75, 3.05) is 18.0 Å². The summed E-state index contributed by atoms with van der Waals surface area (Å²) in [5.41, 5.74) is 1.24. The quantitative estimate of drug-likeness (QED) is 0.386. The molecule has 0 atom stereocenters. The fraction of sp³-hybridized carbons (Fsp3) is 0.240. The standard InChI is InChI=1S/C25H27NO6S/c1-31-21-14-16-22(17-15-21)33(29,30)26(19-20-9-3-2-4-10-20)23-11-5-6-12-24(23)32-18-8-7-13-25(27)28/h2-6,9-12,14-17H,7-8,13,18-19H2,1H3,(H,27,28). The molecule has 3 aromatic rings. The molecule has 7 nitrogen and oxygen atoms in total. The maximum absolute atomic E-state index is 13.7. The van der Waals surface area contributed by atoms with Crippen LogP contribution in [0.2, 0.25) is 0 Å². The zero-order valence-corrected chi connectivity index (χ0v) is 19.2. The summed E-state index contributed by atoms with van der Waals surface area (Å²) in [5.74, 6) is 0.129. The zero-order valence-electron chi connectivity index (χ0n) is 18.4. The molecule has 174 valence electrons. The van der Waals surface area contributed by atoms with Crippen LogP contribution in [-0.2, 0) is 21.4 Å². The molecule has 33 heavy (non-hydrogen) atoms. The summed E-state index contributed by atoms with van der Waals surface area (Å²) >= 11 is 0. The van der Waals surface area contributed by atoms with Gasteiger partial charge in [0.1, 0.15) is 11.5 Å². The van der Waals surface area contributed by atoms with E-state index in [4.69, 9.17) is 14.6 Å². The molecule has 0 unspecified atom stereocenters. The van der Waals surface area contributed by atoms with E-state index in [0.717, 1.165) is 5.56 Å². The van der Waals surface area contributed by atoms with E-state index in [1.54, 1.807) is 36.4 Å². The van der Waals surface area contributed by atoms with E-state index in [0.29, 0.717) is 30.0 Å². The van der Waals surface area contributed by atoms with Crippen LogP contribution in [-0.4, -0.2) is 33.2 Å². The molecular formula is C25H27NO6S. The van der Waals surface area contributed by atoms with Crippen molar-refractivity contribution in [3.8, 4) is 11.5 Å². The number of nitrogens with zero attached hydrogens (tertiary/aromatic N) is 1. The van der Waals surface area contributed by atoms with Crippen molar-refractivity contribution in [1.82, 2.24) is 0 Å². The Balaban J connectivity index is 1.94. The second-order valence-electron chi connectivity index (χ2n) is 7.34. The van der Waals surface area contributed by atoms with Gasteiger partial charge < -0.3 is 14.6 Å². The molecular weight excluding hydrogens is 442 g/mol. The largest absolute Gasteiger partial charge is 0.497 e. The Morgan fingerprint density at radius 3 is 2.24 bits per heavy atom. The number of rotatable bonds is 12. The van der Waals surface area contributed by atoms with Crippen LogP contribution in [0.4, 0.5) is 5.69 Å². The van der Waals surface area contributed by atoms with Crippen molar-refractivity contribution in [2.24, 2.45) is 0 Å². The van der Waals surface area contributed by atoms with E-state index in [-0.39, 0.29) is 24.5 Å². The Labute approximate surface area is 194 Å². The van der Waals surface area contributed by atoms with Crippen LogP contribution >= 0.6 is 0 Å². The first-order valence-electron chi connectivity index (χ1n) is 10.6. The van der Waals surface area contributed by atoms with E-state index in [9.17, 15) is 13.2 Å². The number of hydrogen-bond acceptors (Lipinski definition) is 5. The molecule has 0 aliphatic carbocycles. The Morgan fingerprint density at radius 1 is 0.909 bits per heavy atom. The third-order valence-corrected chi connectivity index (χ3v) is 6.77. The minimum Gasteiger partial charge on any atom is -0.497 e. The van der Waals surface area contributed by atoms with Crippen molar-refractivity contribution in [2.45, 2.75) is 30.7 Å². The SMILES string of the molecule is COc1ccc(S(=O)(=O)N(Cc2ccccc2)c2ccccc2OCCCCC(=O)O)cc1. The van der Waals surface area contributed by atoms with E-state index in [1.165, 1.54) is 23.5 Å². The first-order chi connectivity index (χ1) is 15.9. The number of carbonyl (C=O) groups is 1. The minimum absolute atomic E-state index is 0.0665. The predicted octanol–water partition coefficient (Wildman–Crippen LogP) is 4.72. The smallest absolute Gasteiger partial charge is 0.303 e. The van der Waals surface area contributed by atoms with Gasteiger partial charge in [-0.25, -0.2) is 8.42 Å². The Morgan fingerprint density at radius 2 is 1.58 bits per heavy atom. The van der Waals surface area contributed by atoms with Crippen LogP contribution in [0.25, 0.3) is 0 Å². The summed E-state index contributed by atoms with van der Waals surface area (Å²) in [4.78, 5) is 10.8. The van der Waals surface area contributed by atoms with Gasteiger partial charge in [-0.05, 0) is 54.8 Å². The lowest BCUT2D eigenvalue weighted by Gasteiger charge is -2.26. The van der Waals surface area contributed by atoms with Crippen molar-refractivity contribution in [3.05, 3.63) is 84.4 Å². The number of ether oxygens (including phenoxy) is 2. The second kappa shape index (κ2) is 11.4. The normalized spacial score (nSPS) is 11.1. The summed E-state index contributed by atoms with van der Waals surface area (Å²) in [6.45, 7) is 0.403. The Kier molecular flexibility index (Phi) is 8.32. The second-order valence-corrected chi connectivity index (χ2v) is 9.20. The number of hydrogen-bond donors (Lipinski definition) is 1.